The molecular formula is C35H32Cl2N2O8S. The van der Waals surface area contributed by atoms with Crippen molar-refractivity contribution in [2.75, 3.05) is 26.9 Å². The number of carbonyl (C=O) groups is 2. The first-order chi connectivity index (χ1) is 23.1. The summed E-state index contributed by atoms with van der Waals surface area (Å²) in [4.78, 5) is 44.2. The molecule has 10 nitrogen and oxygen atoms in total. The second kappa shape index (κ2) is 15.5. The average molecular weight is 712 g/mol. The first-order valence-electron chi connectivity index (χ1n) is 15.0. The van der Waals surface area contributed by atoms with E-state index in [1.165, 1.54) is 11.7 Å². The number of thiazole rings is 1. The summed E-state index contributed by atoms with van der Waals surface area (Å²) in [6, 6.07) is 17.0. The van der Waals surface area contributed by atoms with Gasteiger partial charge in [-0.1, -0.05) is 70.9 Å². The zero-order valence-electron chi connectivity index (χ0n) is 26.6. The minimum Gasteiger partial charge on any atom is -0.490 e. The third-order valence-electron chi connectivity index (χ3n) is 7.22. The molecule has 1 atom stereocenters. The Morgan fingerprint density at radius 3 is 2.35 bits per heavy atom. The number of nitrogens with zero attached hydrogens (tertiary/aromatic N) is 2. The molecule has 250 valence electrons. The third-order valence-corrected chi connectivity index (χ3v) is 8.76. The lowest BCUT2D eigenvalue weighted by molar-refractivity contribution is -0.143. The van der Waals surface area contributed by atoms with Crippen LogP contribution in [0.25, 0.3) is 6.08 Å². The number of methoxy groups -OCH3 is 1. The molecule has 0 radical (unpaired) electrons. The summed E-state index contributed by atoms with van der Waals surface area (Å²) < 4.78 is 29.2. The van der Waals surface area contributed by atoms with Gasteiger partial charge in [0, 0.05) is 0 Å². The summed E-state index contributed by atoms with van der Waals surface area (Å²) in [6.45, 7) is 5.57. The summed E-state index contributed by atoms with van der Waals surface area (Å²) in [5.41, 5.74) is 2.29. The highest BCUT2D eigenvalue weighted by Crippen LogP contribution is 2.37. The minimum atomic E-state index is -0.905. The lowest BCUT2D eigenvalue weighted by Gasteiger charge is -2.25. The van der Waals surface area contributed by atoms with Crippen LogP contribution in [0.5, 0.6) is 17.2 Å². The van der Waals surface area contributed by atoms with Gasteiger partial charge in [0.15, 0.2) is 28.7 Å². The molecule has 0 spiro atoms. The van der Waals surface area contributed by atoms with E-state index in [0.29, 0.717) is 50.0 Å². The fraction of sp³-hybridized carbons (Fsp3) is 0.257. The summed E-state index contributed by atoms with van der Waals surface area (Å²) >= 11 is 14.3. The van der Waals surface area contributed by atoms with E-state index in [1.54, 1.807) is 57.2 Å². The van der Waals surface area contributed by atoms with Crippen LogP contribution in [0, 0.1) is 0 Å². The van der Waals surface area contributed by atoms with Crippen LogP contribution in [-0.2, 0) is 25.7 Å². The maximum atomic E-state index is 14.1. The Morgan fingerprint density at radius 2 is 1.69 bits per heavy atom. The lowest BCUT2D eigenvalue weighted by Crippen LogP contribution is -2.40. The first-order valence-corrected chi connectivity index (χ1v) is 16.5. The van der Waals surface area contributed by atoms with Crippen molar-refractivity contribution in [3.63, 3.8) is 0 Å². The Kier molecular flexibility index (Phi) is 11.3. The van der Waals surface area contributed by atoms with Crippen LogP contribution in [0.1, 0.15) is 43.5 Å². The molecule has 1 aromatic heterocycles. The van der Waals surface area contributed by atoms with Crippen LogP contribution < -0.4 is 29.1 Å². The smallest absolute Gasteiger partial charge is 0.343 e. The van der Waals surface area contributed by atoms with Crippen molar-refractivity contribution >= 4 is 52.6 Å². The molecule has 0 unspecified atom stereocenters. The fourth-order valence-electron chi connectivity index (χ4n) is 5.07. The van der Waals surface area contributed by atoms with E-state index in [4.69, 9.17) is 42.1 Å². The van der Waals surface area contributed by atoms with Crippen LogP contribution in [0.2, 0.25) is 10.0 Å². The SMILES string of the molecule is CCOC(=O)C1=C(C)N=c2s/c(=C\c3cc(Cl)c(OCc4ccccc4)c(Cl)c3)c(=O)n2[C@H]1c1ccc(OCC(=O)OC)c(OCC)c1. The van der Waals surface area contributed by atoms with E-state index in [9.17, 15) is 14.4 Å². The second-order valence-electron chi connectivity index (χ2n) is 10.4. The zero-order chi connectivity index (χ0) is 34.4. The van der Waals surface area contributed by atoms with Gasteiger partial charge in [-0.2, -0.15) is 0 Å². The molecule has 0 fully saturated rings. The quantitative estimate of drug-likeness (QED) is 0.174. The Bertz CT molecular complexity index is 2030. The molecule has 0 saturated carbocycles. The number of esters is 2. The highest BCUT2D eigenvalue weighted by Gasteiger charge is 2.34. The minimum absolute atomic E-state index is 0.129. The van der Waals surface area contributed by atoms with Crippen LogP contribution in [-0.4, -0.2) is 43.4 Å². The lowest BCUT2D eigenvalue weighted by atomic mass is 9.95. The number of allylic oxidation sites excluding steroid dienone is 1. The molecule has 0 N–H and O–H groups in total. The van der Waals surface area contributed by atoms with Crippen molar-refractivity contribution in [3.8, 4) is 17.2 Å². The van der Waals surface area contributed by atoms with Crippen LogP contribution >= 0.6 is 34.5 Å². The molecule has 13 heteroatoms. The Balaban J connectivity index is 1.58. The number of fused-ring (bicyclic) bond motifs is 1. The number of aromatic nitrogens is 1. The normalized spacial score (nSPS) is 14.2. The highest BCUT2D eigenvalue weighted by atomic mass is 35.5. The molecule has 0 bridgehead atoms. The molecular weight excluding hydrogens is 679 g/mol. The highest BCUT2D eigenvalue weighted by molar-refractivity contribution is 7.07. The number of halogens is 2. The summed E-state index contributed by atoms with van der Waals surface area (Å²) in [7, 11) is 1.26. The molecule has 0 saturated heterocycles. The van der Waals surface area contributed by atoms with Crippen LogP contribution in [0.15, 0.2) is 81.7 Å². The number of benzene rings is 3. The van der Waals surface area contributed by atoms with E-state index >= 15 is 0 Å². The van der Waals surface area contributed by atoms with Crippen LogP contribution in [0.3, 0.4) is 0 Å². The predicted octanol–water partition coefficient (Wildman–Crippen LogP) is 5.63. The second-order valence-corrected chi connectivity index (χ2v) is 12.2. The van der Waals surface area contributed by atoms with Gasteiger partial charge in [-0.05, 0) is 67.8 Å². The Hall–Kier alpha value is -4.58. The van der Waals surface area contributed by atoms with E-state index in [-0.39, 0.29) is 35.4 Å². The van der Waals surface area contributed by atoms with E-state index in [2.05, 4.69) is 9.73 Å². The Labute approximate surface area is 290 Å². The van der Waals surface area contributed by atoms with E-state index in [1.807, 2.05) is 30.3 Å². The van der Waals surface area contributed by atoms with Crippen molar-refractivity contribution in [1.29, 1.82) is 0 Å². The number of hydrogen-bond acceptors (Lipinski definition) is 10. The molecule has 48 heavy (non-hydrogen) atoms. The monoisotopic (exact) mass is 710 g/mol. The van der Waals surface area contributed by atoms with Gasteiger partial charge in [0.25, 0.3) is 5.56 Å². The third kappa shape index (κ3) is 7.59. The topological polar surface area (TPSA) is 115 Å². The van der Waals surface area contributed by atoms with Gasteiger partial charge in [-0.15, -0.1) is 0 Å². The molecule has 3 aromatic carbocycles. The molecule has 5 rings (SSSR count). The van der Waals surface area contributed by atoms with Gasteiger partial charge in [-0.3, -0.25) is 9.36 Å². The predicted molar refractivity (Wildman–Crippen MR) is 183 cm³/mol. The molecule has 1 aliphatic heterocycles. The fourth-order valence-corrected chi connectivity index (χ4v) is 6.73. The number of hydrogen-bond donors (Lipinski definition) is 0. The van der Waals surface area contributed by atoms with Gasteiger partial charge in [0.05, 0.1) is 52.2 Å². The number of rotatable bonds is 12. The van der Waals surface area contributed by atoms with E-state index in [0.717, 1.165) is 16.9 Å². The Morgan fingerprint density at radius 1 is 0.958 bits per heavy atom. The standard InChI is InChI=1S/C35H32Cl2N2O8S/c1-5-44-27-17-23(12-13-26(27)46-19-29(40)43-4)31-30(34(42)45-6-2)20(3)38-35-39(31)33(41)28(48-35)16-22-14-24(36)32(25(37)15-22)47-18-21-10-8-7-9-11-21/h7-17,31H,5-6,18-19H2,1-4H3/b28-16-/t31-/m0/s1. The van der Waals surface area contributed by atoms with Gasteiger partial charge >= 0.3 is 11.9 Å². The average Bonchev–Trinajstić information content (AvgIpc) is 3.37. The van der Waals surface area contributed by atoms with Crippen molar-refractivity contribution in [1.82, 2.24) is 4.57 Å². The summed E-state index contributed by atoms with van der Waals surface area (Å²) in [5, 5.41) is 0.572. The van der Waals surface area contributed by atoms with Gasteiger partial charge < -0.3 is 23.7 Å². The first kappa shape index (κ1) is 34.7. The van der Waals surface area contributed by atoms with E-state index < -0.39 is 23.5 Å². The molecule has 2 heterocycles. The number of carbonyl (C=O) groups excluding carboxylic acids is 2. The van der Waals surface area contributed by atoms with Crippen molar-refractivity contribution in [2.45, 2.75) is 33.4 Å². The van der Waals surface area contributed by atoms with Crippen LogP contribution in [0.4, 0.5) is 0 Å². The summed E-state index contributed by atoms with van der Waals surface area (Å²) in [5.74, 6) is -0.223. The van der Waals surface area contributed by atoms with Gasteiger partial charge in [0.2, 0.25) is 0 Å². The van der Waals surface area contributed by atoms with Gasteiger partial charge in [-0.25, -0.2) is 14.6 Å². The molecule has 0 amide bonds. The van der Waals surface area contributed by atoms with Gasteiger partial charge in [0.1, 0.15) is 6.61 Å². The van der Waals surface area contributed by atoms with Crippen molar-refractivity contribution < 1.29 is 33.3 Å². The molecule has 4 aromatic rings. The number of ether oxygens (including phenoxy) is 5. The van der Waals surface area contributed by atoms with Crippen molar-refractivity contribution in [2.24, 2.45) is 4.99 Å². The maximum Gasteiger partial charge on any atom is 0.343 e. The molecule has 0 aliphatic carbocycles. The zero-order valence-corrected chi connectivity index (χ0v) is 28.9. The summed E-state index contributed by atoms with van der Waals surface area (Å²) in [6.07, 6.45) is 1.67. The van der Waals surface area contributed by atoms with Crippen molar-refractivity contribution in [3.05, 3.63) is 118 Å². The largest absolute Gasteiger partial charge is 0.490 e. The molecule has 1 aliphatic rings. The maximum absolute atomic E-state index is 14.1.